The van der Waals surface area contributed by atoms with Crippen LogP contribution >= 0.6 is 0 Å². The van der Waals surface area contributed by atoms with E-state index in [9.17, 15) is 9.59 Å². The molecule has 0 saturated carbocycles. The third-order valence-corrected chi connectivity index (χ3v) is 3.32. The SMILES string of the molecule is O=C(Cn1cccc1C(=O)O)NCCN1CCNCC1. The summed E-state index contributed by atoms with van der Waals surface area (Å²) in [7, 11) is 0. The molecule has 110 valence electrons. The van der Waals surface area contributed by atoms with Crippen LogP contribution < -0.4 is 10.6 Å². The number of carboxylic acids is 1. The molecule has 0 bridgehead atoms. The lowest BCUT2D eigenvalue weighted by Crippen LogP contribution is -2.46. The number of piperazine rings is 1. The van der Waals surface area contributed by atoms with Gasteiger partial charge in [-0.3, -0.25) is 9.69 Å². The molecule has 3 N–H and O–H groups in total. The molecule has 1 aliphatic heterocycles. The van der Waals surface area contributed by atoms with Gasteiger partial charge < -0.3 is 20.3 Å². The van der Waals surface area contributed by atoms with Crippen LogP contribution in [0.5, 0.6) is 0 Å². The molecule has 1 aliphatic rings. The van der Waals surface area contributed by atoms with E-state index in [0.29, 0.717) is 6.54 Å². The summed E-state index contributed by atoms with van der Waals surface area (Å²) >= 11 is 0. The maximum absolute atomic E-state index is 11.8. The van der Waals surface area contributed by atoms with Gasteiger partial charge in [0.2, 0.25) is 5.91 Å². The fraction of sp³-hybridized carbons (Fsp3) is 0.538. The minimum absolute atomic E-state index is 0.0379. The zero-order chi connectivity index (χ0) is 14.4. The molecule has 0 spiro atoms. The van der Waals surface area contributed by atoms with Crippen molar-refractivity contribution in [2.75, 3.05) is 39.3 Å². The molecule has 0 aliphatic carbocycles. The zero-order valence-electron chi connectivity index (χ0n) is 11.3. The Kier molecular flexibility index (Phi) is 5.14. The number of carboxylic acid groups (broad SMARTS) is 1. The van der Waals surface area contributed by atoms with Crippen molar-refractivity contribution >= 4 is 11.9 Å². The van der Waals surface area contributed by atoms with Gasteiger partial charge in [0.1, 0.15) is 12.2 Å². The molecular weight excluding hydrogens is 260 g/mol. The van der Waals surface area contributed by atoms with Crippen molar-refractivity contribution in [2.45, 2.75) is 6.54 Å². The molecule has 20 heavy (non-hydrogen) atoms. The predicted molar refractivity (Wildman–Crippen MR) is 73.7 cm³/mol. The highest BCUT2D eigenvalue weighted by molar-refractivity contribution is 5.86. The molecule has 7 heteroatoms. The van der Waals surface area contributed by atoms with Gasteiger partial charge in [-0.25, -0.2) is 4.79 Å². The molecule has 0 unspecified atom stereocenters. The van der Waals surface area contributed by atoms with E-state index in [1.807, 2.05) is 0 Å². The Morgan fingerprint density at radius 1 is 1.35 bits per heavy atom. The van der Waals surface area contributed by atoms with Gasteiger partial charge in [-0.2, -0.15) is 0 Å². The standard InChI is InChI=1S/C13H20N4O3/c18-12(10-17-6-1-2-11(17)13(19)20)15-5-9-16-7-3-14-4-8-16/h1-2,6,14H,3-5,7-10H2,(H,15,18)(H,19,20). The summed E-state index contributed by atoms with van der Waals surface area (Å²) in [5, 5.41) is 15.0. The second-order valence-electron chi connectivity index (χ2n) is 4.77. The largest absolute Gasteiger partial charge is 0.477 e. The first-order valence-electron chi connectivity index (χ1n) is 6.75. The van der Waals surface area contributed by atoms with Crippen LogP contribution in [-0.4, -0.2) is 65.7 Å². The summed E-state index contributed by atoms with van der Waals surface area (Å²) in [6, 6.07) is 3.10. The van der Waals surface area contributed by atoms with Gasteiger partial charge in [0.05, 0.1) is 0 Å². The van der Waals surface area contributed by atoms with Crippen LogP contribution in [0.3, 0.4) is 0 Å². The highest BCUT2D eigenvalue weighted by Gasteiger charge is 2.12. The third-order valence-electron chi connectivity index (χ3n) is 3.32. The van der Waals surface area contributed by atoms with Gasteiger partial charge in [-0.1, -0.05) is 0 Å². The average molecular weight is 280 g/mol. The van der Waals surface area contributed by atoms with Crippen LogP contribution in [0.15, 0.2) is 18.3 Å². The number of hydrogen-bond donors (Lipinski definition) is 3. The number of rotatable bonds is 6. The monoisotopic (exact) mass is 280 g/mol. The maximum atomic E-state index is 11.8. The minimum Gasteiger partial charge on any atom is -0.477 e. The lowest BCUT2D eigenvalue weighted by atomic mass is 10.3. The van der Waals surface area contributed by atoms with E-state index in [1.54, 1.807) is 12.3 Å². The van der Waals surface area contributed by atoms with Gasteiger partial charge >= 0.3 is 5.97 Å². The highest BCUT2D eigenvalue weighted by atomic mass is 16.4. The second kappa shape index (κ2) is 7.06. The topological polar surface area (TPSA) is 86.6 Å². The number of hydrogen-bond acceptors (Lipinski definition) is 4. The molecule has 0 aromatic carbocycles. The number of carbonyl (C=O) groups excluding carboxylic acids is 1. The Bertz CT molecular complexity index is 466. The fourth-order valence-corrected chi connectivity index (χ4v) is 2.24. The van der Waals surface area contributed by atoms with Crippen LogP contribution in [0, 0.1) is 0 Å². The van der Waals surface area contributed by atoms with Crippen LogP contribution in [0.2, 0.25) is 0 Å². The van der Waals surface area contributed by atoms with E-state index in [4.69, 9.17) is 5.11 Å². The van der Waals surface area contributed by atoms with E-state index >= 15 is 0 Å². The van der Waals surface area contributed by atoms with Crippen molar-refractivity contribution in [1.29, 1.82) is 0 Å². The van der Waals surface area contributed by atoms with Gasteiger partial charge in [-0.05, 0) is 12.1 Å². The number of nitrogens with zero attached hydrogens (tertiary/aromatic N) is 2. The molecule has 2 rings (SSSR count). The summed E-state index contributed by atoms with van der Waals surface area (Å²) in [6.07, 6.45) is 1.60. The quantitative estimate of drug-likeness (QED) is 0.635. The first kappa shape index (κ1) is 14.5. The van der Waals surface area contributed by atoms with E-state index < -0.39 is 5.97 Å². The summed E-state index contributed by atoms with van der Waals surface area (Å²) in [4.78, 5) is 25.0. The van der Waals surface area contributed by atoms with Crippen molar-refractivity contribution in [3.8, 4) is 0 Å². The number of aromatic carboxylic acids is 1. The Balaban J connectivity index is 1.72. The first-order chi connectivity index (χ1) is 9.66. The lowest BCUT2D eigenvalue weighted by Gasteiger charge is -2.27. The van der Waals surface area contributed by atoms with Crippen molar-refractivity contribution in [3.05, 3.63) is 24.0 Å². The van der Waals surface area contributed by atoms with Crippen LogP contribution in [-0.2, 0) is 11.3 Å². The zero-order valence-corrected chi connectivity index (χ0v) is 11.3. The van der Waals surface area contributed by atoms with Crippen molar-refractivity contribution in [3.63, 3.8) is 0 Å². The Morgan fingerprint density at radius 3 is 2.80 bits per heavy atom. The molecule has 2 heterocycles. The smallest absolute Gasteiger partial charge is 0.352 e. The second-order valence-corrected chi connectivity index (χ2v) is 4.77. The molecule has 1 aromatic rings. The van der Waals surface area contributed by atoms with Crippen LogP contribution in [0.1, 0.15) is 10.5 Å². The van der Waals surface area contributed by atoms with Gasteiger partial charge in [0.15, 0.2) is 0 Å². The van der Waals surface area contributed by atoms with Gasteiger partial charge in [0.25, 0.3) is 0 Å². The van der Waals surface area contributed by atoms with E-state index in [0.717, 1.165) is 32.7 Å². The minimum atomic E-state index is -1.02. The summed E-state index contributed by atoms with van der Waals surface area (Å²) in [6.45, 7) is 5.41. The fourth-order valence-electron chi connectivity index (χ4n) is 2.24. The van der Waals surface area contributed by atoms with Gasteiger partial charge in [0, 0.05) is 45.5 Å². The molecule has 7 nitrogen and oxygen atoms in total. The molecule has 0 atom stereocenters. The Labute approximate surface area is 117 Å². The molecule has 1 saturated heterocycles. The van der Waals surface area contributed by atoms with E-state index in [-0.39, 0.29) is 18.1 Å². The molecule has 1 amide bonds. The predicted octanol–water partition coefficient (Wildman–Crippen LogP) is -0.792. The summed E-state index contributed by atoms with van der Waals surface area (Å²) < 4.78 is 1.43. The highest BCUT2D eigenvalue weighted by Crippen LogP contribution is 2.01. The molecule has 0 radical (unpaired) electrons. The number of aromatic nitrogens is 1. The lowest BCUT2D eigenvalue weighted by molar-refractivity contribution is -0.121. The van der Waals surface area contributed by atoms with Crippen molar-refractivity contribution in [1.82, 2.24) is 20.1 Å². The van der Waals surface area contributed by atoms with Crippen LogP contribution in [0.25, 0.3) is 0 Å². The molecule has 1 fully saturated rings. The number of nitrogens with one attached hydrogen (secondary N) is 2. The van der Waals surface area contributed by atoms with Crippen molar-refractivity contribution < 1.29 is 14.7 Å². The third kappa shape index (κ3) is 4.07. The Hall–Kier alpha value is -1.86. The van der Waals surface area contributed by atoms with E-state index in [2.05, 4.69) is 15.5 Å². The first-order valence-corrected chi connectivity index (χ1v) is 6.75. The van der Waals surface area contributed by atoms with Crippen molar-refractivity contribution in [2.24, 2.45) is 0 Å². The summed E-state index contributed by atoms with van der Waals surface area (Å²) in [5.74, 6) is -1.19. The van der Waals surface area contributed by atoms with Crippen LogP contribution in [0.4, 0.5) is 0 Å². The summed E-state index contributed by atoms with van der Waals surface area (Å²) in [5.41, 5.74) is 0.127. The Morgan fingerprint density at radius 2 is 2.10 bits per heavy atom. The number of carbonyl (C=O) groups is 2. The normalized spacial score (nSPS) is 16.0. The molecule has 1 aromatic heterocycles. The number of amides is 1. The van der Waals surface area contributed by atoms with E-state index in [1.165, 1.54) is 10.6 Å². The maximum Gasteiger partial charge on any atom is 0.352 e. The molecular formula is C13H20N4O3. The van der Waals surface area contributed by atoms with Gasteiger partial charge in [-0.15, -0.1) is 0 Å². The average Bonchev–Trinajstić information content (AvgIpc) is 2.88.